The molecule has 0 aliphatic carbocycles. The predicted octanol–water partition coefficient (Wildman–Crippen LogP) is 4.03. The fourth-order valence-electron chi connectivity index (χ4n) is 2.69. The highest BCUT2D eigenvalue weighted by Crippen LogP contribution is 2.23. The Balaban J connectivity index is 1.80. The number of nitro groups is 1. The molecular weight excluding hydrogens is 528 g/mol. The van der Waals surface area contributed by atoms with Crippen molar-refractivity contribution in [2.45, 2.75) is 32.6 Å². The number of carbonyl (C=O) groups excluding carboxylic acids is 2. The summed E-state index contributed by atoms with van der Waals surface area (Å²) in [6, 6.07) is 10.4. The number of thiocarbonyl (C=S) groups is 1. The van der Waals surface area contributed by atoms with Crippen molar-refractivity contribution < 1.29 is 24.0 Å². The number of hydrogen-bond acceptors (Lipinski definition) is 7. The van der Waals surface area contributed by atoms with Crippen molar-refractivity contribution in [3.05, 3.63) is 62.6 Å². The first-order valence-corrected chi connectivity index (χ1v) is 11.7. The van der Waals surface area contributed by atoms with Gasteiger partial charge in [-0.25, -0.2) is 0 Å². The van der Waals surface area contributed by atoms with Crippen LogP contribution in [0.2, 0.25) is 0 Å². The fourth-order valence-corrected chi connectivity index (χ4v) is 3.20. The number of non-ortho nitro benzene ring substituents is 1. The van der Waals surface area contributed by atoms with E-state index in [1.54, 1.807) is 18.2 Å². The minimum atomic E-state index is -0.575. The van der Waals surface area contributed by atoms with Gasteiger partial charge < -0.3 is 9.47 Å². The molecule has 2 aromatic carbocycles. The second-order valence-corrected chi connectivity index (χ2v) is 8.37. The maximum absolute atomic E-state index is 12.7. The molecule has 10 nitrogen and oxygen atoms in total. The van der Waals surface area contributed by atoms with Gasteiger partial charge >= 0.3 is 0 Å². The van der Waals surface area contributed by atoms with Crippen molar-refractivity contribution in [1.29, 1.82) is 0 Å². The second kappa shape index (κ2) is 14.1. The first-order chi connectivity index (χ1) is 16.3. The normalized spacial score (nSPS) is 10.2. The standard InChI is InChI=1S/C22H25BrN4O6S/c1-2-3-4-5-12-32-19-11-6-15(23)13-18(19)21(29)24-22(34)26-25-20(28)14-33-17-9-7-16(8-10-17)27(30)31/h6-11,13H,2-5,12,14H2,1H3,(H,25,28)(H2,24,26,29,34). The number of nitro benzene ring substituents is 1. The van der Waals surface area contributed by atoms with Crippen molar-refractivity contribution in [2.75, 3.05) is 13.2 Å². The Morgan fingerprint density at radius 1 is 1.06 bits per heavy atom. The van der Waals surface area contributed by atoms with E-state index < -0.39 is 16.7 Å². The summed E-state index contributed by atoms with van der Waals surface area (Å²) in [5.41, 5.74) is 4.93. The third-order valence-electron chi connectivity index (χ3n) is 4.40. The number of carbonyl (C=O) groups is 2. The van der Waals surface area contributed by atoms with E-state index in [0.717, 1.165) is 25.7 Å². The van der Waals surface area contributed by atoms with Gasteiger partial charge in [0.1, 0.15) is 11.5 Å². The zero-order valence-corrected chi connectivity index (χ0v) is 20.9. The van der Waals surface area contributed by atoms with Gasteiger partial charge in [0.2, 0.25) is 0 Å². The molecule has 182 valence electrons. The largest absolute Gasteiger partial charge is 0.493 e. The molecule has 0 unspecified atom stereocenters. The molecule has 0 aliphatic heterocycles. The van der Waals surface area contributed by atoms with E-state index in [1.165, 1.54) is 24.3 Å². The lowest BCUT2D eigenvalue weighted by molar-refractivity contribution is -0.384. The third-order valence-corrected chi connectivity index (χ3v) is 5.10. The van der Waals surface area contributed by atoms with E-state index in [4.69, 9.17) is 21.7 Å². The number of nitrogens with one attached hydrogen (secondary N) is 3. The van der Waals surface area contributed by atoms with Crippen molar-refractivity contribution >= 4 is 50.8 Å². The molecule has 34 heavy (non-hydrogen) atoms. The summed E-state index contributed by atoms with van der Waals surface area (Å²) in [4.78, 5) is 34.7. The third kappa shape index (κ3) is 9.32. The summed E-state index contributed by atoms with van der Waals surface area (Å²) < 4.78 is 11.7. The maximum Gasteiger partial charge on any atom is 0.276 e. The zero-order valence-electron chi connectivity index (χ0n) is 18.5. The molecular formula is C22H25BrN4O6S. The molecule has 2 aromatic rings. The van der Waals surface area contributed by atoms with E-state index in [1.807, 2.05) is 0 Å². The van der Waals surface area contributed by atoms with Crippen LogP contribution in [0.4, 0.5) is 5.69 Å². The molecule has 2 rings (SSSR count). The van der Waals surface area contributed by atoms with Gasteiger partial charge in [-0.1, -0.05) is 42.1 Å². The SMILES string of the molecule is CCCCCCOc1ccc(Br)cc1C(=O)NC(=S)NNC(=O)COc1ccc([N+](=O)[O-])cc1. The molecule has 0 spiro atoms. The molecule has 12 heteroatoms. The predicted molar refractivity (Wildman–Crippen MR) is 134 cm³/mol. The molecule has 0 radical (unpaired) electrons. The molecule has 0 fully saturated rings. The summed E-state index contributed by atoms with van der Waals surface area (Å²) in [7, 11) is 0. The quantitative estimate of drug-likeness (QED) is 0.165. The number of hydrazine groups is 1. The van der Waals surface area contributed by atoms with E-state index in [2.05, 4.69) is 39.0 Å². The van der Waals surface area contributed by atoms with Crippen molar-refractivity contribution in [3.63, 3.8) is 0 Å². The molecule has 0 aromatic heterocycles. The summed E-state index contributed by atoms with van der Waals surface area (Å²) in [5.74, 6) is -0.360. The number of benzene rings is 2. The molecule has 0 saturated carbocycles. The Kier molecular flexibility index (Phi) is 11.2. The highest BCUT2D eigenvalue weighted by molar-refractivity contribution is 9.10. The van der Waals surface area contributed by atoms with Crippen LogP contribution in [0.1, 0.15) is 43.0 Å². The second-order valence-electron chi connectivity index (χ2n) is 7.05. The Morgan fingerprint density at radius 3 is 2.47 bits per heavy atom. The van der Waals surface area contributed by atoms with E-state index in [-0.39, 0.29) is 23.2 Å². The monoisotopic (exact) mass is 552 g/mol. The number of amides is 2. The highest BCUT2D eigenvalue weighted by atomic mass is 79.9. The van der Waals surface area contributed by atoms with E-state index in [9.17, 15) is 19.7 Å². The first-order valence-electron chi connectivity index (χ1n) is 10.5. The number of ether oxygens (including phenoxy) is 2. The van der Waals surface area contributed by atoms with Crippen molar-refractivity contribution in [2.24, 2.45) is 0 Å². The Hall–Kier alpha value is -3.25. The zero-order chi connectivity index (χ0) is 24.9. The highest BCUT2D eigenvalue weighted by Gasteiger charge is 2.15. The van der Waals surface area contributed by atoms with Crippen molar-refractivity contribution in [3.8, 4) is 11.5 Å². The average molecular weight is 553 g/mol. The van der Waals surface area contributed by atoms with Crippen LogP contribution in [0, 0.1) is 10.1 Å². The Bertz CT molecular complexity index is 1020. The average Bonchev–Trinajstić information content (AvgIpc) is 2.82. The summed E-state index contributed by atoms with van der Waals surface area (Å²) >= 11 is 8.40. The lowest BCUT2D eigenvalue weighted by Gasteiger charge is -2.14. The lowest BCUT2D eigenvalue weighted by Crippen LogP contribution is -2.49. The lowest BCUT2D eigenvalue weighted by atomic mass is 10.2. The van der Waals surface area contributed by atoms with Gasteiger partial charge in [0.15, 0.2) is 11.7 Å². The fraction of sp³-hybridized carbons (Fsp3) is 0.318. The van der Waals surface area contributed by atoms with Crippen LogP contribution in [0.3, 0.4) is 0 Å². The number of unbranched alkanes of at least 4 members (excludes halogenated alkanes) is 3. The molecule has 3 N–H and O–H groups in total. The van der Waals surface area contributed by atoms with Crippen LogP contribution < -0.4 is 25.6 Å². The number of nitrogens with zero attached hydrogens (tertiary/aromatic N) is 1. The minimum Gasteiger partial charge on any atom is -0.493 e. The van der Waals surface area contributed by atoms with Crippen LogP contribution in [0.25, 0.3) is 0 Å². The van der Waals surface area contributed by atoms with Gasteiger partial charge in [-0.3, -0.25) is 35.9 Å². The van der Waals surface area contributed by atoms with Crippen LogP contribution >= 0.6 is 28.1 Å². The molecule has 0 heterocycles. The number of halogens is 1. The van der Waals surface area contributed by atoms with Gasteiger partial charge in [-0.05, 0) is 49.0 Å². The topological polar surface area (TPSA) is 132 Å². The first kappa shape index (κ1) is 27.0. The smallest absolute Gasteiger partial charge is 0.276 e. The molecule has 2 amide bonds. The number of rotatable bonds is 11. The van der Waals surface area contributed by atoms with Crippen molar-refractivity contribution in [1.82, 2.24) is 16.2 Å². The van der Waals surface area contributed by atoms with E-state index in [0.29, 0.717) is 22.4 Å². The van der Waals surface area contributed by atoms with Crippen LogP contribution in [0.15, 0.2) is 46.9 Å². The molecule has 0 aliphatic rings. The van der Waals surface area contributed by atoms with Gasteiger partial charge in [0.25, 0.3) is 17.5 Å². The van der Waals surface area contributed by atoms with Gasteiger partial charge in [-0.15, -0.1) is 0 Å². The number of hydrogen-bond donors (Lipinski definition) is 3. The van der Waals surface area contributed by atoms with Gasteiger partial charge in [0, 0.05) is 16.6 Å². The summed E-state index contributed by atoms with van der Waals surface area (Å²) in [6.07, 6.45) is 4.19. The van der Waals surface area contributed by atoms with Gasteiger partial charge in [-0.2, -0.15) is 0 Å². The molecule has 0 atom stereocenters. The van der Waals surface area contributed by atoms with E-state index >= 15 is 0 Å². The summed E-state index contributed by atoms with van der Waals surface area (Å²) in [5, 5.41) is 13.0. The Labute approximate surface area is 210 Å². The minimum absolute atomic E-state index is 0.0879. The van der Waals surface area contributed by atoms with Crippen LogP contribution in [-0.2, 0) is 4.79 Å². The van der Waals surface area contributed by atoms with Gasteiger partial charge in [0.05, 0.1) is 17.1 Å². The summed E-state index contributed by atoms with van der Waals surface area (Å²) in [6.45, 7) is 2.25. The van der Waals surface area contributed by atoms with Crippen LogP contribution in [0.5, 0.6) is 11.5 Å². The Morgan fingerprint density at radius 2 is 1.79 bits per heavy atom. The maximum atomic E-state index is 12.7. The molecule has 0 saturated heterocycles. The molecule has 0 bridgehead atoms. The van der Waals surface area contributed by atoms with Crippen LogP contribution in [-0.4, -0.2) is 35.1 Å².